The minimum absolute atomic E-state index is 0.122. The van der Waals surface area contributed by atoms with Gasteiger partial charge in [-0.1, -0.05) is 6.07 Å². The Labute approximate surface area is 141 Å². The summed E-state index contributed by atoms with van der Waals surface area (Å²) in [6.45, 7) is 6.17. The Bertz CT molecular complexity index is 668. The van der Waals surface area contributed by atoms with Gasteiger partial charge >= 0.3 is 0 Å². The third kappa shape index (κ3) is 3.43. The molecule has 1 aromatic carbocycles. The molecule has 5 nitrogen and oxygen atoms in total. The molecule has 0 aliphatic carbocycles. The fraction of sp³-hybridized carbons (Fsp3) is 0.412. The molecule has 3 rings (SSSR count). The largest absolute Gasteiger partial charge is 0.507 e. The zero-order valence-corrected chi connectivity index (χ0v) is 14.3. The lowest BCUT2D eigenvalue weighted by atomic mass is 10.0. The molecule has 0 spiro atoms. The van der Waals surface area contributed by atoms with Gasteiger partial charge in [0.05, 0.1) is 18.4 Å². The fourth-order valence-electron chi connectivity index (χ4n) is 2.94. The molecule has 1 aliphatic rings. The molecule has 0 bridgehead atoms. The van der Waals surface area contributed by atoms with Crippen LogP contribution in [0.3, 0.4) is 0 Å². The van der Waals surface area contributed by atoms with Gasteiger partial charge in [0.2, 0.25) is 0 Å². The van der Waals surface area contributed by atoms with Crippen LogP contribution in [0.15, 0.2) is 24.3 Å². The highest BCUT2D eigenvalue weighted by molar-refractivity contribution is 7.80. The molecule has 2 aromatic rings. The lowest BCUT2D eigenvalue weighted by Gasteiger charge is -2.32. The predicted octanol–water partition coefficient (Wildman–Crippen LogP) is 2.60. The number of aromatic nitrogens is 2. The summed E-state index contributed by atoms with van der Waals surface area (Å²) in [4.78, 5) is 2.16. The Hall–Kier alpha value is -1.79. The molecule has 0 amide bonds. The van der Waals surface area contributed by atoms with Crippen LogP contribution < -0.4 is 4.90 Å². The van der Waals surface area contributed by atoms with Crippen molar-refractivity contribution in [3.63, 3.8) is 0 Å². The summed E-state index contributed by atoms with van der Waals surface area (Å²) in [6.07, 6.45) is 0.122. The first-order chi connectivity index (χ1) is 11.1. The van der Waals surface area contributed by atoms with E-state index in [1.165, 1.54) is 0 Å². The predicted molar refractivity (Wildman–Crippen MR) is 94.4 cm³/mol. The van der Waals surface area contributed by atoms with Crippen molar-refractivity contribution >= 4 is 18.4 Å². The third-order valence-electron chi connectivity index (χ3n) is 4.03. The number of morpholine rings is 1. The standard InChI is InChI=1S/C17H21N3O2S/c1-11-7-12(2)17(15(21)8-11)14-3-4-16(19-18-14)20-5-6-22-13(9-20)10-23/h3-4,7-8,13,21,23H,5-6,9-10H2,1-2H3/t13-/m0/s1. The summed E-state index contributed by atoms with van der Waals surface area (Å²) in [5.74, 6) is 1.76. The van der Waals surface area contributed by atoms with Gasteiger partial charge in [-0.15, -0.1) is 10.2 Å². The molecule has 1 aromatic heterocycles. The number of thiol groups is 1. The first-order valence-corrected chi connectivity index (χ1v) is 8.33. The molecule has 1 saturated heterocycles. The van der Waals surface area contributed by atoms with E-state index < -0.39 is 0 Å². The van der Waals surface area contributed by atoms with Gasteiger partial charge in [-0.05, 0) is 43.2 Å². The van der Waals surface area contributed by atoms with Crippen molar-refractivity contribution in [1.82, 2.24) is 10.2 Å². The first-order valence-electron chi connectivity index (χ1n) is 7.70. The average Bonchev–Trinajstić information content (AvgIpc) is 2.54. The second-order valence-corrected chi connectivity index (χ2v) is 6.24. The quantitative estimate of drug-likeness (QED) is 0.847. The summed E-state index contributed by atoms with van der Waals surface area (Å²) in [6, 6.07) is 7.63. The Morgan fingerprint density at radius 2 is 2.13 bits per heavy atom. The number of benzene rings is 1. The number of phenolic OH excluding ortho intramolecular Hbond substituents is 1. The maximum atomic E-state index is 10.2. The van der Waals surface area contributed by atoms with E-state index in [1.54, 1.807) is 6.07 Å². The van der Waals surface area contributed by atoms with Gasteiger partial charge in [-0.2, -0.15) is 12.6 Å². The molecule has 1 fully saturated rings. The Balaban J connectivity index is 1.85. The molecule has 1 aliphatic heterocycles. The number of aromatic hydroxyl groups is 1. The Kier molecular flexibility index (Phi) is 4.73. The fourth-order valence-corrected chi connectivity index (χ4v) is 3.16. The van der Waals surface area contributed by atoms with Crippen LogP contribution in [0, 0.1) is 13.8 Å². The highest BCUT2D eigenvalue weighted by Gasteiger charge is 2.21. The molecule has 0 unspecified atom stereocenters. The lowest BCUT2D eigenvalue weighted by molar-refractivity contribution is 0.0562. The zero-order valence-electron chi connectivity index (χ0n) is 13.4. The topological polar surface area (TPSA) is 58.5 Å². The monoisotopic (exact) mass is 331 g/mol. The van der Waals surface area contributed by atoms with Crippen molar-refractivity contribution in [3.8, 4) is 17.0 Å². The number of ether oxygens (including phenoxy) is 1. The van der Waals surface area contributed by atoms with Crippen LogP contribution in [-0.4, -0.2) is 46.9 Å². The van der Waals surface area contributed by atoms with Gasteiger partial charge in [0, 0.05) is 24.4 Å². The van der Waals surface area contributed by atoms with Crippen LogP contribution in [-0.2, 0) is 4.74 Å². The van der Waals surface area contributed by atoms with E-state index in [4.69, 9.17) is 4.74 Å². The lowest BCUT2D eigenvalue weighted by Crippen LogP contribution is -2.43. The number of hydrogen-bond donors (Lipinski definition) is 2. The normalized spacial score (nSPS) is 18.2. The molecule has 2 heterocycles. The number of hydrogen-bond acceptors (Lipinski definition) is 6. The van der Waals surface area contributed by atoms with Crippen LogP contribution in [0.5, 0.6) is 5.75 Å². The van der Waals surface area contributed by atoms with Crippen molar-refractivity contribution in [1.29, 1.82) is 0 Å². The van der Waals surface area contributed by atoms with Crippen molar-refractivity contribution < 1.29 is 9.84 Å². The third-order valence-corrected chi connectivity index (χ3v) is 4.44. The van der Waals surface area contributed by atoms with E-state index >= 15 is 0 Å². The maximum absolute atomic E-state index is 10.2. The van der Waals surface area contributed by atoms with Crippen molar-refractivity contribution in [2.24, 2.45) is 0 Å². The van der Waals surface area contributed by atoms with Crippen LogP contribution in [0.4, 0.5) is 5.82 Å². The smallest absolute Gasteiger partial charge is 0.151 e. The number of aryl methyl sites for hydroxylation is 2. The molecule has 122 valence electrons. The molecule has 0 saturated carbocycles. The van der Waals surface area contributed by atoms with Crippen molar-refractivity contribution in [2.75, 3.05) is 30.3 Å². The summed E-state index contributed by atoms with van der Waals surface area (Å²) in [5, 5.41) is 18.9. The van der Waals surface area contributed by atoms with Crippen molar-refractivity contribution in [3.05, 3.63) is 35.4 Å². The average molecular weight is 331 g/mol. The summed E-state index contributed by atoms with van der Waals surface area (Å²) in [5.41, 5.74) is 3.44. The Morgan fingerprint density at radius 3 is 2.78 bits per heavy atom. The molecular formula is C17H21N3O2S. The molecule has 6 heteroatoms. The number of nitrogens with zero attached hydrogens (tertiary/aromatic N) is 3. The number of phenols is 1. The maximum Gasteiger partial charge on any atom is 0.151 e. The van der Waals surface area contributed by atoms with E-state index in [1.807, 2.05) is 32.0 Å². The van der Waals surface area contributed by atoms with Gasteiger partial charge in [-0.25, -0.2) is 0 Å². The van der Waals surface area contributed by atoms with Crippen LogP contribution in [0.2, 0.25) is 0 Å². The van der Waals surface area contributed by atoms with E-state index in [-0.39, 0.29) is 11.9 Å². The van der Waals surface area contributed by atoms with E-state index in [9.17, 15) is 5.11 Å². The molecule has 1 atom stereocenters. The molecule has 23 heavy (non-hydrogen) atoms. The summed E-state index contributed by atoms with van der Waals surface area (Å²) in [7, 11) is 0. The summed E-state index contributed by atoms with van der Waals surface area (Å²) >= 11 is 4.30. The highest BCUT2D eigenvalue weighted by atomic mass is 32.1. The second kappa shape index (κ2) is 6.76. The van der Waals surface area contributed by atoms with E-state index in [0.717, 1.165) is 35.6 Å². The number of anilines is 1. The summed E-state index contributed by atoms with van der Waals surface area (Å²) < 4.78 is 5.62. The van der Waals surface area contributed by atoms with Gasteiger partial charge in [0.25, 0.3) is 0 Å². The van der Waals surface area contributed by atoms with Crippen LogP contribution in [0.1, 0.15) is 11.1 Å². The van der Waals surface area contributed by atoms with E-state index in [0.29, 0.717) is 18.1 Å². The van der Waals surface area contributed by atoms with Crippen LogP contribution >= 0.6 is 12.6 Å². The van der Waals surface area contributed by atoms with Crippen LogP contribution in [0.25, 0.3) is 11.3 Å². The minimum atomic E-state index is 0.122. The highest BCUT2D eigenvalue weighted by Crippen LogP contribution is 2.32. The Morgan fingerprint density at radius 1 is 1.30 bits per heavy atom. The second-order valence-electron chi connectivity index (χ2n) is 5.87. The zero-order chi connectivity index (χ0) is 16.4. The molecular weight excluding hydrogens is 310 g/mol. The molecule has 0 radical (unpaired) electrons. The van der Waals surface area contributed by atoms with Crippen molar-refractivity contribution in [2.45, 2.75) is 20.0 Å². The SMILES string of the molecule is Cc1cc(C)c(-c2ccc(N3CCO[C@H](CS)C3)nn2)c(O)c1. The van der Waals surface area contributed by atoms with Gasteiger partial charge in [0.15, 0.2) is 5.82 Å². The van der Waals surface area contributed by atoms with Gasteiger partial charge in [-0.3, -0.25) is 0 Å². The molecule has 1 N–H and O–H groups in total. The van der Waals surface area contributed by atoms with Gasteiger partial charge in [0.1, 0.15) is 5.75 Å². The number of rotatable bonds is 3. The van der Waals surface area contributed by atoms with Gasteiger partial charge < -0.3 is 14.7 Å². The van der Waals surface area contributed by atoms with E-state index in [2.05, 4.69) is 27.7 Å². The first kappa shape index (κ1) is 16.1. The minimum Gasteiger partial charge on any atom is -0.507 e.